The molecule has 2 nitrogen and oxygen atoms in total. The summed E-state index contributed by atoms with van der Waals surface area (Å²) in [4.78, 5) is 4.80. The fourth-order valence-corrected chi connectivity index (χ4v) is 9.75. The van der Waals surface area contributed by atoms with Crippen LogP contribution in [0.15, 0.2) is 243 Å². The van der Waals surface area contributed by atoms with Gasteiger partial charge >= 0.3 is 0 Å². The third-order valence-corrected chi connectivity index (χ3v) is 12.9. The van der Waals surface area contributed by atoms with E-state index in [0.717, 1.165) is 28.4 Å². The summed E-state index contributed by atoms with van der Waals surface area (Å²) >= 11 is 0. The Balaban J connectivity index is 0.908. The minimum Gasteiger partial charge on any atom is -0.310 e. The molecule has 0 unspecified atom stereocenters. The summed E-state index contributed by atoms with van der Waals surface area (Å²) in [5, 5.41) is 2.46. The summed E-state index contributed by atoms with van der Waals surface area (Å²) in [6.07, 6.45) is 0. The van der Waals surface area contributed by atoms with Gasteiger partial charge in [0.15, 0.2) is 0 Å². The van der Waals surface area contributed by atoms with E-state index in [4.69, 9.17) is 0 Å². The van der Waals surface area contributed by atoms with E-state index in [-0.39, 0.29) is 5.41 Å². The number of nitrogens with zero attached hydrogens (tertiary/aromatic N) is 2. The van der Waals surface area contributed by atoms with Gasteiger partial charge in [-0.05, 0) is 116 Å². The number of anilines is 6. The van der Waals surface area contributed by atoms with Crippen LogP contribution in [0.5, 0.6) is 0 Å². The summed E-state index contributed by atoms with van der Waals surface area (Å²) in [6, 6.07) is 88.1. The average molecular weight is 807 g/mol. The molecule has 0 aromatic heterocycles. The second-order valence-electron chi connectivity index (χ2n) is 16.9. The Morgan fingerprint density at radius 3 is 1.29 bits per heavy atom. The minimum atomic E-state index is -0.0741. The first-order chi connectivity index (χ1) is 31.0. The number of hydrogen-bond donors (Lipinski definition) is 0. The van der Waals surface area contributed by atoms with Gasteiger partial charge in [0.05, 0.1) is 11.4 Å². The molecule has 0 fully saturated rings. The fourth-order valence-electron chi connectivity index (χ4n) is 9.75. The van der Waals surface area contributed by atoms with Gasteiger partial charge in [0.1, 0.15) is 0 Å². The average Bonchev–Trinajstić information content (AvgIpc) is 3.59. The summed E-state index contributed by atoms with van der Waals surface area (Å²) in [6.45, 7) is 4.69. The number of hydrogen-bond acceptors (Lipinski definition) is 2. The van der Waals surface area contributed by atoms with Gasteiger partial charge in [-0.2, -0.15) is 0 Å². The zero-order valence-electron chi connectivity index (χ0n) is 35.5. The van der Waals surface area contributed by atoms with Crippen molar-refractivity contribution in [3.05, 3.63) is 254 Å². The predicted molar refractivity (Wildman–Crippen MR) is 267 cm³/mol. The van der Waals surface area contributed by atoms with Crippen LogP contribution in [0.1, 0.15) is 25.0 Å². The lowest BCUT2D eigenvalue weighted by Gasteiger charge is -2.29. The molecule has 10 aromatic carbocycles. The van der Waals surface area contributed by atoms with Crippen molar-refractivity contribution in [2.75, 3.05) is 9.80 Å². The molecule has 0 radical (unpaired) electrons. The van der Waals surface area contributed by atoms with Gasteiger partial charge in [0.2, 0.25) is 0 Å². The monoisotopic (exact) mass is 806 g/mol. The molecule has 11 rings (SSSR count). The fraction of sp³-hybridized carbons (Fsp3) is 0.0492. The van der Waals surface area contributed by atoms with E-state index in [0.29, 0.717) is 0 Å². The first-order valence-corrected chi connectivity index (χ1v) is 21.8. The summed E-state index contributed by atoms with van der Waals surface area (Å²) in [5.74, 6) is 0. The van der Waals surface area contributed by atoms with Crippen molar-refractivity contribution in [3.8, 4) is 44.5 Å². The highest BCUT2D eigenvalue weighted by atomic mass is 15.2. The van der Waals surface area contributed by atoms with Gasteiger partial charge in [-0.15, -0.1) is 0 Å². The Labute approximate surface area is 370 Å². The van der Waals surface area contributed by atoms with E-state index in [1.165, 1.54) is 72.1 Å². The van der Waals surface area contributed by atoms with Crippen LogP contribution in [-0.2, 0) is 5.41 Å². The summed E-state index contributed by atoms with van der Waals surface area (Å²) in [5.41, 5.74) is 19.2. The molecule has 0 atom stereocenters. The molecule has 0 N–H and O–H groups in total. The molecule has 1 aliphatic carbocycles. The molecule has 300 valence electrons. The molecule has 0 heterocycles. The van der Waals surface area contributed by atoms with Gasteiger partial charge in [-0.25, -0.2) is 0 Å². The van der Waals surface area contributed by atoms with E-state index in [2.05, 4.69) is 266 Å². The second kappa shape index (κ2) is 15.8. The Hall–Kier alpha value is -7.94. The van der Waals surface area contributed by atoms with Gasteiger partial charge in [-0.3, -0.25) is 0 Å². The number of benzene rings is 10. The lowest BCUT2D eigenvalue weighted by atomic mass is 9.82. The first kappa shape index (κ1) is 38.0. The van der Waals surface area contributed by atoms with Crippen LogP contribution in [0.3, 0.4) is 0 Å². The highest BCUT2D eigenvalue weighted by molar-refractivity contribution is 6.05. The largest absolute Gasteiger partial charge is 0.310 e. The minimum absolute atomic E-state index is 0.0741. The third kappa shape index (κ3) is 6.77. The molecule has 1 aliphatic rings. The lowest BCUT2D eigenvalue weighted by molar-refractivity contribution is 0.660. The SMILES string of the molecule is CC1(C)c2ccccc2-c2c(N(c3ccccc3)c3ccc(-c4ccc(-c5ccc(N(c6ccccc6)c6ccc7ccccc7c6-c6ccccc6)cc5)cc4)cc3)cccc21. The van der Waals surface area contributed by atoms with E-state index < -0.39 is 0 Å². The first-order valence-electron chi connectivity index (χ1n) is 21.8. The van der Waals surface area contributed by atoms with Gasteiger partial charge in [0, 0.05) is 39.3 Å². The van der Waals surface area contributed by atoms with Gasteiger partial charge in [-0.1, -0.05) is 196 Å². The van der Waals surface area contributed by atoms with Crippen LogP contribution < -0.4 is 9.80 Å². The van der Waals surface area contributed by atoms with Crippen LogP contribution in [0.25, 0.3) is 55.3 Å². The van der Waals surface area contributed by atoms with E-state index in [1.54, 1.807) is 0 Å². The number of fused-ring (bicyclic) bond motifs is 4. The topological polar surface area (TPSA) is 6.48 Å². The maximum atomic E-state index is 2.41. The zero-order chi connectivity index (χ0) is 42.3. The predicted octanol–water partition coefficient (Wildman–Crippen LogP) is 17.1. The quantitative estimate of drug-likeness (QED) is 0.143. The third-order valence-electron chi connectivity index (χ3n) is 12.9. The Morgan fingerprint density at radius 1 is 0.286 bits per heavy atom. The highest BCUT2D eigenvalue weighted by Crippen LogP contribution is 2.54. The second-order valence-corrected chi connectivity index (χ2v) is 16.9. The molecular weight excluding hydrogens is 761 g/mol. The molecule has 0 spiro atoms. The summed E-state index contributed by atoms with van der Waals surface area (Å²) < 4.78 is 0. The van der Waals surface area contributed by atoms with Crippen molar-refractivity contribution in [1.29, 1.82) is 0 Å². The molecular formula is C61H46N2. The maximum absolute atomic E-state index is 2.41. The Morgan fingerprint density at radius 2 is 0.714 bits per heavy atom. The Bertz CT molecular complexity index is 3210. The molecule has 10 aromatic rings. The van der Waals surface area contributed by atoms with Crippen molar-refractivity contribution < 1.29 is 0 Å². The van der Waals surface area contributed by atoms with E-state index in [1.807, 2.05) is 0 Å². The van der Waals surface area contributed by atoms with E-state index in [9.17, 15) is 0 Å². The standard InChI is InChI=1S/C61H46N2/c1-61(2)55-26-15-14-25-54(55)60-56(61)27-16-28-57(60)62(49-20-8-4-9-21-49)51-38-33-45(34-39-51)43-29-31-44(32-30-43)46-35-40-52(41-36-46)63(50-22-10-5-11-23-50)58-42-37-47-17-12-13-24-53(47)59(58)48-18-6-3-7-19-48/h3-42H,1-2H3. The molecule has 0 bridgehead atoms. The van der Waals surface area contributed by atoms with Crippen molar-refractivity contribution in [2.45, 2.75) is 19.3 Å². The summed E-state index contributed by atoms with van der Waals surface area (Å²) in [7, 11) is 0. The van der Waals surface area contributed by atoms with Crippen LogP contribution in [0.4, 0.5) is 34.1 Å². The zero-order valence-corrected chi connectivity index (χ0v) is 35.5. The van der Waals surface area contributed by atoms with Crippen LogP contribution in [0.2, 0.25) is 0 Å². The Kier molecular flexibility index (Phi) is 9.55. The van der Waals surface area contributed by atoms with Gasteiger partial charge < -0.3 is 9.80 Å². The maximum Gasteiger partial charge on any atom is 0.0546 e. The van der Waals surface area contributed by atoms with Crippen molar-refractivity contribution in [3.63, 3.8) is 0 Å². The molecule has 0 saturated carbocycles. The molecule has 2 heteroatoms. The van der Waals surface area contributed by atoms with Crippen LogP contribution in [-0.4, -0.2) is 0 Å². The molecule has 0 saturated heterocycles. The van der Waals surface area contributed by atoms with Gasteiger partial charge in [0.25, 0.3) is 0 Å². The van der Waals surface area contributed by atoms with Crippen molar-refractivity contribution in [1.82, 2.24) is 0 Å². The smallest absolute Gasteiger partial charge is 0.0546 e. The number of rotatable bonds is 9. The molecule has 63 heavy (non-hydrogen) atoms. The normalized spacial score (nSPS) is 12.4. The highest BCUT2D eigenvalue weighted by Gasteiger charge is 2.37. The molecule has 0 aliphatic heterocycles. The molecule has 0 amide bonds. The van der Waals surface area contributed by atoms with E-state index >= 15 is 0 Å². The number of para-hydroxylation sites is 2. The van der Waals surface area contributed by atoms with Crippen molar-refractivity contribution >= 4 is 44.9 Å². The van der Waals surface area contributed by atoms with Crippen LogP contribution >= 0.6 is 0 Å². The lowest BCUT2D eigenvalue weighted by Crippen LogP contribution is -2.16. The van der Waals surface area contributed by atoms with Crippen molar-refractivity contribution in [2.24, 2.45) is 0 Å². The van der Waals surface area contributed by atoms with Crippen LogP contribution in [0, 0.1) is 0 Å².